The molecule has 3 rings (SSSR count). The molecule has 178 valence electrons. The van der Waals surface area contributed by atoms with Crippen LogP contribution in [-0.4, -0.2) is 72.3 Å². The summed E-state index contributed by atoms with van der Waals surface area (Å²) in [6.07, 6.45) is 1.32. The average molecular weight is 452 g/mol. The molecule has 5 atom stereocenters. The minimum atomic E-state index is -0.764. The molecule has 5 unspecified atom stereocenters. The largest absolute Gasteiger partial charge is 0.442 e. The number of anilines is 1. The average Bonchev–Trinajstić information content (AvgIpc) is 3.08. The van der Waals surface area contributed by atoms with Crippen LogP contribution in [0.2, 0.25) is 0 Å². The van der Waals surface area contributed by atoms with Crippen molar-refractivity contribution < 1.29 is 23.8 Å². The molecule has 0 aliphatic carbocycles. The molecular weight excluding hydrogens is 417 g/mol. The van der Waals surface area contributed by atoms with Crippen molar-refractivity contribution >= 4 is 11.8 Å². The number of hydrogen-bond acceptors (Lipinski definition) is 8. The number of nitrogens with two attached hydrogens (primary N) is 2. The highest BCUT2D eigenvalue weighted by atomic mass is 19.1. The number of cyclic esters (lactones) is 1. The fraction of sp³-hybridized carbons (Fsp3) is 0.591. The summed E-state index contributed by atoms with van der Waals surface area (Å²) in [5.74, 6) is 5.65. The number of nitrogens with zero attached hydrogens (tertiary/aromatic N) is 3. The standard InChI is InChI=1S/C22H34FN5O4/c1-14-9-20(15(2)21(29)31-14)26(3)8-7-17(24)11-27(25)12-19-13-28(22(30)32-19)18-6-4-5-16(23)10-18/h4-6,10-11,14-15,19-21,29H,7-9,12-13,24-25H2,1-3H3/b17-11-. The number of aliphatic hydroxyl groups excluding tert-OH is 1. The molecular formula is C22H34FN5O4. The van der Waals surface area contributed by atoms with Gasteiger partial charge in [-0.3, -0.25) is 4.90 Å². The second kappa shape index (κ2) is 10.5. The Morgan fingerprint density at radius 2 is 2.16 bits per heavy atom. The van der Waals surface area contributed by atoms with Gasteiger partial charge < -0.3 is 30.2 Å². The van der Waals surface area contributed by atoms with E-state index in [4.69, 9.17) is 21.1 Å². The van der Waals surface area contributed by atoms with Crippen molar-refractivity contribution in [3.63, 3.8) is 0 Å². The Labute approximate surface area is 188 Å². The maximum atomic E-state index is 13.5. The first-order valence-corrected chi connectivity index (χ1v) is 10.9. The summed E-state index contributed by atoms with van der Waals surface area (Å²) in [5.41, 5.74) is 7.20. The zero-order valence-electron chi connectivity index (χ0n) is 18.9. The van der Waals surface area contributed by atoms with Crippen LogP contribution in [0.15, 0.2) is 36.2 Å². The normalized spacial score (nSPS) is 28.8. The van der Waals surface area contributed by atoms with E-state index in [0.717, 1.165) is 6.42 Å². The number of halogens is 1. The van der Waals surface area contributed by atoms with E-state index in [-0.39, 0.29) is 31.2 Å². The van der Waals surface area contributed by atoms with Gasteiger partial charge in [-0.15, -0.1) is 0 Å². The molecule has 9 nitrogen and oxygen atoms in total. The van der Waals surface area contributed by atoms with Crippen molar-refractivity contribution in [2.75, 3.05) is 31.6 Å². The molecule has 1 aromatic carbocycles. The highest BCUT2D eigenvalue weighted by molar-refractivity contribution is 5.89. The van der Waals surface area contributed by atoms with Gasteiger partial charge in [0.1, 0.15) is 11.9 Å². The number of benzene rings is 1. The summed E-state index contributed by atoms with van der Waals surface area (Å²) >= 11 is 0. The number of rotatable bonds is 8. The molecule has 2 heterocycles. The minimum Gasteiger partial charge on any atom is -0.442 e. The minimum absolute atomic E-state index is 0.00198. The zero-order valence-corrected chi connectivity index (χ0v) is 18.9. The second-order valence-corrected chi connectivity index (χ2v) is 8.73. The smallest absolute Gasteiger partial charge is 0.414 e. The Morgan fingerprint density at radius 3 is 2.88 bits per heavy atom. The molecule has 1 amide bonds. The summed E-state index contributed by atoms with van der Waals surface area (Å²) in [7, 11) is 2.01. The third-order valence-electron chi connectivity index (χ3n) is 6.06. The van der Waals surface area contributed by atoms with Crippen LogP contribution >= 0.6 is 0 Å². The van der Waals surface area contributed by atoms with Gasteiger partial charge in [-0.2, -0.15) is 0 Å². The van der Waals surface area contributed by atoms with Gasteiger partial charge in [-0.25, -0.2) is 15.0 Å². The van der Waals surface area contributed by atoms with Crippen molar-refractivity contribution in [2.45, 2.75) is 51.2 Å². The van der Waals surface area contributed by atoms with Gasteiger partial charge in [0.15, 0.2) is 6.29 Å². The Balaban J connectivity index is 1.48. The number of aliphatic hydroxyl groups is 1. The highest BCUT2D eigenvalue weighted by Crippen LogP contribution is 2.27. The van der Waals surface area contributed by atoms with Gasteiger partial charge in [0, 0.05) is 36.8 Å². The SMILES string of the molecule is CC1CC(N(C)CC/C(N)=C/N(N)CC2CN(c3cccc(F)c3)C(=O)O2)C(C)C(O)O1. The first-order valence-electron chi connectivity index (χ1n) is 10.9. The molecule has 0 radical (unpaired) electrons. The lowest BCUT2D eigenvalue weighted by atomic mass is 9.91. The van der Waals surface area contributed by atoms with Crippen LogP contribution in [0.1, 0.15) is 26.7 Å². The Morgan fingerprint density at radius 1 is 1.41 bits per heavy atom. The van der Waals surface area contributed by atoms with Crippen molar-refractivity contribution in [3.05, 3.63) is 42.0 Å². The molecule has 2 aliphatic rings. The number of hydrogen-bond donors (Lipinski definition) is 3. The summed E-state index contributed by atoms with van der Waals surface area (Å²) in [6, 6.07) is 6.00. The molecule has 0 saturated carbocycles. The second-order valence-electron chi connectivity index (χ2n) is 8.73. The Kier molecular flexibility index (Phi) is 7.94. The first-order chi connectivity index (χ1) is 15.1. The number of amides is 1. The van der Waals surface area contributed by atoms with E-state index in [1.54, 1.807) is 18.3 Å². The maximum Gasteiger partial charge on any atom is 0.414 e. The lowest BCUT2D eigenvalue weighted by molar-refractivity contribution is -0.204. The molecule has 1 aromatic rings. The molecule has 5 N–H and O–H groups in total. The van der Waals surface area contributed by atoms with Crippen LogP contribution in [-0.2, 0) is 9.47 Å². The van der Waals surface area contributed by atoms with Crippen molar-refractivity contribution in [2.24, 2.45) is 17.5 Å². The summed E-state index contributed by atoms with van der Waals surface area (Å²) in [6.45, 7) is 5.18. The summed E-state index contributed by atoms with van der Waals surface area (Å²) in [4.78, 5) is 15.7. The molecule has 2 fully saturated rings. The molecule has 2 saturated heterocycles. The van der Waals surface area contributed by atoms with E-state index in [9.17, 15) is 14.3 Å². The Hall–Kier alpha value is -2.40. The molecule has 0 aromatic heterocycles. The lowest BCUT2D eigenvalue weighted by Gasteiger charge is -2.41. The van der Waals surface area contributed by atoms with Gasteiger partial charge in [-0.1, -0.05) is 13.0 Å². The topological polar surface area (TPSA) is 118 Å². The molecule has 0 bridgehead atoms. The summed E-state index contributed by atoms with van der Waals surface area (Å²) < 4.78 is 24.3. The van der Waals surface area contributed by atoms with Crippen LogP contribution in [0.3, 0.4) is 0 Å². The molecule has 10 heteroatoms. The fourth-order valence-corrected chi connectivity index (χ4v) is 4.25. The summed E-state index contributed by atoms with van der Waals surface area (Å²) in [5, 5.41) is 11.5. The van der Waals surface area contributed by atoms with Gasteiger partial charge in [0.25, 0.3) is 0 Å². The van der Waals surface area contributed by atoms with Crippen LogP contribution in [0.4, 0.5) is 14.9 Å². The lowest BCUT2D eigenvalue weighted by Crippen LogP contribution is -2.49. The molecule has 0 spiro atoms. The van der Waals surface area contributed by atoms with E-state index in [1.807, 2.05) is 20.9 Å². The number of ether oxygens (including phenoxy) is 2. The predicted octanol–water partition coefficient (Wildman–Crippen LogP) is 1.58. The third-order valence-corrected chi connectivity index (χ3v) is 6.06. The van der Waals surface area contributed by atoms with Gasteiger partial charge >= 0.3 is 6.09 Å². The monoisotopic (exact) mass is 451 g/mol. The third kappa shape index (κ3) is 6.10. The van der Waals surface area contributed by atoms with Crippen molar-refractivity contribution in [1.29, 1.82) is 0 Å². The van der Waals surface area contributed by atoms with Crippen LogP contribution in [0, 0.1) is 11.7 Å². The van der Waals surface area contributed by atoms with Crippen LogP contribution in [0.5, 0.6) is 0 Å². The van der Waals surface area contributed by atoms with E-state index >= 15 is 0 Å². The van der Waals surface area contributed by atoms with Crippen molar-refractivity contribution in [3.8, 4) is 0 Å². The Bertz CT molecular complexity index is 825. The van der Waals surface area contributed by atoms with Gasteiger partial charge in [-0.05, 0) is 38.6 Å². The van der Waals surface area contributed by atoms with E-state index in [1.165, 1.54) is 22.0 Å². The number of carbonyl (C=O) groups is 1. The number of carbonyl (C=O) groups excluding carboxylic acids is 1. The van der Waals surface area contributed by atoms with E-state index in [2.05, 4.69) is 4.90 Å². The quantitative estimate of drug-likeness (QED) is 0.403. The van der Waals surface area contributed by atoms with Crippen molar-refractivity contribution in [1.82, 2.24) is 9.91 Å². The molecule has 32 heavy (non-hydrogen) atoms. The van der Waals surface area contributed by atoms with E-state index in [0.29, 0.717) is 24.4 Å². The first kappa shape index (κ1) is 24.2. The van der Waals surface area contributed by atoms with E-state index < -0.39 is 24.3 Å². The van der Waals surface area contributed by atoms with Gasteiger partial charge in [0.05, 0.1) is 24.9 Å². The van der Waals surface area contributed by atoms with Gasteiger partial charge in [0.2, 0.25) is 0 Å². The molecule has 2 aliphatic heterocycles. The van der Waals surface area contributed by atoms with Crippen LogP contribution in [0.25, 0.3) is 0 Å². The maximum absolute atomic E-state index is 13.5. The zero-order chi connectivity index (χ0) is 23.4. The number of hydrazine groups is 1. The predicted molar refractivity (Wildman–Crippen MR) is 119 cm³/mol. The fourth-order valence-electron chi connectivity index (χ4n) is 4.25. The van der Waals surface area contributed by atoms with Crippen LogP contribution < -0.4 is 16.5 Å². The highest BCUT2D eigenvalue weighted by Gasteiger charge is 2.35.